The Hall–Kier alpha value is -1.69. The highest BCUT2D eigenvalue weighted by atomic mass is 19.2. The summed E-state index contributed by atoms with van der Waals surface area (Å²) < 4.78 is 30.6. The molecule has 1 aromatic rings. The lowest BCUT2D eigenvalue weighted by molar-refractivity contribution is -0.143. The number of esters is 1. The number of carbonyl (C=O) groups excluding carboxylic acids is 1. The summed E-state index contributed by atoms with van der Waals surface area (Å²) in [4.78, 5) is 13.3. The number of hydrogen-bond donors (Lipinski definition) is 1. The van der Waals surface area contributed by atoms with E-state index in [0.717, 1.165) is 18.6 Å². The second-order valence-electron chi connectivity index (χ2n) is 4.64. The average molecular weight is 270 g/mol. The van der Waals surface area contributed by atoms with Gasteiger partial charge >= 0.3 is 5.97 Å². The van der Waals surface area contributed by atoms with E-state index in [1.807, 2.05) is 4.90 Å². The van der Waals surface area contributed by atoms with Crippen molar-refractivity contribution in [1.29, 1.82) is 0 Å². The normalized spacial score (nSPS) is 20.4. The summed E-state index contributed by atoms with van der Waals surface area (Å²) >= 11 is 0. The lowest BCUT2D eigenvalue weighted by Gasteiger charge is -2.20. The number of anilines is 1. The highest BCUT2D eigenvalue weighted by Gasteiger charge is 2.32. The maximum absolute atomic E-state index is 13.2. The fourth-order valence-corrected chi connectivity index (χ4v) is 2.33. The Kier molecular flexibility index (Phi) is 3.99. The van der Waals surface area contributed by atoms with Gasteiger partial charge < -0.3 is 15.4 Å². The van der Waals surface area contributed by atoms with E-state index in [1.165, 1.54) is 13.2 Å². The fraction of sp³-hybridized carbons (Fsp3) is 0.462. The molecule has 2 atom stereocenters. The van der Waals surface area contributed by atoms with Crippen LogP contribution in [0.25, 0.3) is 0 Å². The first-order valence-electron chi connectivity index (χ1n) is 6.06. The third kappa shape index (κ3) is 2.84. The molecule has 2 unspecified atom stereocenters. The molecule has 0 bridgehead atoms. The molecule has 2 rings (SSSR count). The molecule has 1 aliphatic rings. The van der Waals surface area contributed by atoms with Gasteiger partial charge in [-0.25, -0.2) is 8.78 Å². The molecule has 0 aromatic heterocycles. The second-order valence-corrected chi connectivity index (χ2v) is 4.64. The highest BCUT2D eigenvalue weighted by Crippen LogP contribution is 2.26. The maximum atomic E-state index is 13.2. The summed E-state index contributed by atoms with van der Waals surface area (Å²) in [6.45, 7) is 1.18. The van der Waals surface area contributed by atoms with E-state index in [9.17, 15) is 13.6 Å². The minimum atomic E-state index is -0.877. The summed E-state index contributed by atoms with van der Waals surface area (Å²) in [6, 6.07) is 3.09. The van der Waals surface area contributed by atoms with Crippen molar-refractivity contribution in [2.24, 2.45) is 11.7 Å². The maximum Gasteiger partial charge on any atom is 0.322 e. The smallest absolute Gasteiger partial charge is 0.322 e. The zero-order chi connectivity index (χ0) is 14.0. The summed E-state index contributed by atoms with van der Waals surface area (Å²) in [7, 11) is 1.30. The number of rotatable bonds is 3. The van der Waals surface area contributed by atoms with E-state index in [1.54, 1.807) is 0 Å². The standard InChI is InChI=1S/C13H16F2N2O2/c1-19-13(18)12(16)8-4-5-17(7-8)9-2-3-10(14)11(15)6-9/h2-3,6,8,12H,4-5,7,16H2,1H3. The Morgan fingerprint density at radius 2 is 2.21 bits per heavy atom. The number of nitrogens with zero attached hydrogens (tertiary/aromatic N) is 1. The summed E-state index contributed by atoms with van der Waals surface area (Å²) in [6.07, 6.45) is 0.718. The summed E-state index contributed by atoms with van der Waals surface area (Å²) in [5, 5.41) is 0. The second kappa shape index (κ2) is 5.52. The van der Waals surface area contributed by atoms with Crippen molar-refractivity contribution in [1.82, 2.24) is 0 Å². The topological polar surface area (TPSA) is 55.6 Å². The molecule has 19 heavy (non-hydrogen) atoms. The molecule has 0 radical (unpaired) electrons. The monoisotopic (exact) mass is 270 g/mol. The molecule has 6 heteroatoms. The Labute approximate surface area is 110 Å². The number of ether oxygens (including phenoxy) is 1. The first-order valence-corrected chi connectivity index (χ1v) is 6.06. The summed E-state index contributed by atoms with van der Waals surface area (Å²) in [5.74, 6) is -2.23. The molecule has 0 spiro atoms. The van der Waals surface area contributed by atoms with Gasteiger partial charge in [0.2, 0.25) is 0 Å². The van der Waals surface area contributed by atoms with Gasteiger partial charge in [-0.15, -0.1) is 0 Å². The molecule has 1 heterocycles. The van der Waals surface area contributed by atoms with Crippen LogP contribution in [0.3, 0.4) is 0 Å². The Morgan fingerprint density at radius 1 is 1.47 bits per heavy atom. The average Bonchev–Trinajstić information content (AvgIpc) is 2.89. The quantitative estimate of drug-likeness (QED) is 0.841. The van der Waals surface area contributed by atoms with Crippen molar-refractivity contribution in [3.8, 4) is 0 Å². The van der Waals surface area contributed by atoms with Crippen molar-refractivity contribution in [2.75, 3.05) is 25.1 Å². The molecule has 2 N–H and O–H groups in total. The zero-order valence-corrected chi connectivity index (χ0v) is 10.6. The first-order chi connectivity index (χ1) is 9.02. The fourth-order valence-electron chi connectivity index (χ4n) is 2.33. The van der Waals surface area contributed by atoms with Gasteiger partial charge in [0, 0.05) is 30.8 Å². The molecule has 0 aliphatic carbocycles. The number of hydrogen-bond acceptors (Lipinski definition) is 4. The Balaban J connectivity index is 2.05. The predicted molar refractivity (Wildman–Crippen MR) is 66.7 cm³/mol. The number of benzene rings is 1. The molecule has 4 nitrogen and oxygen atoms in total. The largest absolute Gasteiger partial charge is 0.468 e. The molecule has 0 amide bonds. The van der Waals surface area contributed by atoms with Gasteiger partial charge in [0.15, 0.2) is 11.6 Å². The van der Waals surface area contributed by atoms with Gasteiger partial charge in [0.05, 0.1) is 7.11 Å². The molecular weight excluding hydrogens is 254 g/mol. The number of nitrogens with two attached hydrogens (primary N) is 1. The number of methoxy groups -OCH3 is 1. The summed E-state index contributed by atoms with van der Waals surface area (Å²) in [5.41, 5.74) is 6.39. The molecular formula is C13H16F2N2O2. The van der Waals surface area contributed by atoms with Crippen LogP contribution in [0, 0.1) is 17.6 Å². The minimum Gasteiger partial charge on any atom is -0.468 e. The van der Waals surface area contributed by atoms with Crippen LogP contribution in [0.15, 0.2) is 18.2 Å². The Bertz CT molecular complexity index is 482. The lowest BCUT2D eigenvalue weighted by atomic mass is 10.0. The van der Waals surface area contributed by atoms with Crippen LogP contribution >= 0.6 is 0 Å². The van der Waals surface area contributed by atoms with Gasteiger partial charge in [-0.3, -0.25) is 4.79 Å². The van der Waals surface area contributed by atoms with Crippen molar-refractivity contribution in [3.63, 3.8) is 0 Å². The van der Waals surface area contributed by atoms with Gasteiger partial charge in [0.1, 0.15) is 6.04 Å². The third-order valence-corrected chi connectivity index (χ3v) is 3.47. The minimum absolute atomic E-state index is 0.0411. The number of carbonyl (C=O) groups is 1. The predicted octanol–water partition coefficient (Wildman–Crippen LogP) is 1.29. The first kappa shape index (κ1) is 13.7. The molecule has 104 valence electrons. The number of halogens is 2. The van der Waals surface area contributed by atoms with Crippen molar-refractivity contribution in [3.05, 3.63) is 29.8 Å². The van der Waals surface area contributed by atoms with Crippen molar-refractivity contribution < 1.29 is 18.3 Å². The highest BCUT2D eigenvalue weighted by molar-refractivity contribution is 5.76. The van der Waals surface area contributed by atoms with Crippen molar-refractivity contribution >= 4 is 11.7 Å². The van der Waals surface area contributed by atoms with Crippen LogP contribution < -0.4 is 10.6 Å². The molecule has 1 aromatic carbocycles. The van der Waals surface area contributed by atoms with Crippen LogP contribution in [0.5, 0.6) is 0 Å². The van der Waals surface area contributed by atoms with Gasteiger partial charge in [-0.1, -0.05) is 0 Å². The lowest BCUT2D eigenvalue weighted by Crippen LogP contribution is -2.40. The van der Waals surface area contributed by atoms with E-state index in [4.69, 9.17) is 5.73 Å². The van der Waals surface area contributed by atoms with Crippen LogP contribution in [-0.4, -0.2) is 32.2 Å². The van der Waals surface area contributed by atoms with Crippen LogP contribution in [0.4, 0.5) is 14.5 Å². The molecule has 1 aliphatic heterocycles. The van der Waals surface area contributed by atoms with Gasteiger partial charge in [-0.05, 0) is 18.6 Å². The van der Waals surface area contributed by atoms with E-state index < -0.39 is 23.6 Å². The zero-order valence-electron chi connectivity index (χ0n) is 10.6. The SMILES string of the molecule is COC(=O)C(N)C1CCN(c2ccc(F)c(F)c2)C1. The molecule has 1 fully saturated rings. The van der Waals surface area contributed by atoms with Gasteiger partial charge in [-0.2, -0.15) is 0 Å². The van der Waals surface area contributed by atoms with Crippen LogP contribution in [-0.2, 0) is 9.53 Å². The van der Waals surface area contributed by atoms with E-state index >= 15 is 0 Å². The van der Waals surface area contributed by atoms with E-state index in [2.05, 4.69) is 4.74 Å². The third-order valence-electron chi connectivity index (χ3n) is 3.47. The molecule has 1 saturated heterocycles. The Morgan fingerprint density at radius 3 is 2.84 bits per heavy atom. The van der Waals surface area contributed by atoms with E-state index in [-0.39, 0.29) is 5.92 Å². The van der Waals surface area contributed by atoms with Crippen molar-refractivity contribution in [2.45, 2.75) is 12.5 Å². The van der Waals surface area contributed by atoms with E-state index in [0.29, 0.717) is 18.8 Å². The molecule has 0 saturated carbocycles. The van der Waals surface area contributed by atoms with Crippen LogP contribution in [0.1, 0.15) is 6.42 Å². The van der Waals surface area contributed by atoms with Gasteiger partial charge in [0.25, 0.3) is 0 Å². The van der Waals surface area contributed by atoms with Crippen LogP contribution in [0.2, 0.25) is 0 Å².